The van der Waals surface area contributed by atoms with Crippen molar-refractivity contribution in [1.82, 2.24) is 0 Å². The Kier molecular flexibility index (Phi) is 6.74. The number of benzene rings is 4. The maximum atomic E-state index is 12.6. The number of carbonyl (C=O) groups is 2. The lowest BCUT2D eigenvalue weighted by Crippen LogP contribution is -2.09. The Labute approximate surface area is 198 Å². The summed E-state index contributed by atoms with van der Waals surface area (Å²) < 4.78 is 16.0. The molecule has 0 bridgehead atoms. The van der Waals surface area contributed by atoms with Crippen LogP contribution in [0, 0.1) is 0 Å². The average molecular weight is 453 g/mol. The molecule has 170 valence electrons. The van der Waals surface area contributed by atoms with E-state index in [4.69, 9.17) is 14.2 Å². The summed E-state index contributed by atoms with van der Waals surface area (Å²) in [7, 11) is 1.65. The summed E-state index contributed by atoms with van der Waals surface area (Å²) in [5.74, 6) is 0.322. The second-order valence-corrected chi connectivity index (χ2v) is 7.75. The van der Waals surface area contributed by atoms with Gasteiger partial charge in [-0.05, 0) is 76.9 Å². The number of ether oxygens (including phenoxy) is 3. The molecule has 0 radical (unpaired) electrons. The van der Waals surface area contributed by atoms with Crippen LogP contribution in [-0.4, -0.2) is 19.0 Å². The fourth-order valence-electron chi connectivity index (χ4n) is 3.60. The molecule has 4 rings (SSSR count). The largest absolute Gasteiger partial charge is 0.497 e. The molecule has 5 nitrogen and oxygen atoms in total. The number of fused-ring (bicyclic) bond motifs is 1. The van der Waals surface area contributed by atoms with Crippen LogP contribution in [0.1, 0.15) is 28.9 Å². The van der Waals surface area contributed by atoms with Gasteiger partial charge in [0.25, 0.3) is 0 Å². The standard InChI is InChI=1S/C29H24O5/c1-4-28(30)33-19(2)20-5-7-22(8-6-20)29(31)34-27-16-13-24-17-23(9-10-25(24)18-27)21-11-14-26(32-3)15-12-21/h4-19H,1H2,2-3H3. The summed E-state index contributed by atoms with van der Waals surface area (Å²) in [6, 6.07) is 26.4. The van der Waals surface area contributed by atoms with Crippen LogP contribution in [0.2, 0.25) is 0 Å². The third-order valence-electron chi connectivity index (χ3n) is 5.52. The van der Waals surface area contributed by atoms with Crippen LogP contribution in [0.4, 0.5) is 0 Å². The number of hydrogen-bond acceptors (Lipinski definition) is 5. The predicted molar refractivity (Wildman–Crippen MR) is 132 cm³/mol. The van der Waals surface area contributed by atoms with E-state index in [1.165, 1.54) is 0 Å². The maximum Gasteiger partial charge on any atom is 0.343 e. The van der Waals surface area contributed by atoms with Crippen molar-refractivity contribution in [3.8, 4) is 22.6 Å². The third-order valence-corrected chi connectivity index (χ3v) is 5.52. The van der Waals surface area contributed by atoms with Gasteiger partial charge < -0.3 is 14.2 Å². The Morgan fingerprint density at radius 2 is 1.41 bits per heavy atom. The van der Waals surface area contributed by atoms with Crippen LogP contribution < -0.4 is 9.47 Å². The summed E-state index contributed by atoms with van der Waals surface area (Å²) in [6.45, 7) is 5.14. The van der Waals surface area contributed by atoms with Gasteiger partial charge in [0.1, 0.15) is 17.6 Å². The van der Waals surface area contributed by atoms with E-state index < -0.39 is 18.0 Å². The highest BCUT2D eigenvalue weighted by Crippen LogP contribution is 2.28. The minimum Gasteiger partial charge on any atom is -0.497 e. The minimum absolute atomic E-state index is 0.404. The highest BCUT2D eigenvalue weighted by molar-refractivity contribution is 5.93. The van der Waals surface area contributed by atoms with Crippen molar-refractivity contribution < 1.29 is 23.8 Å². The van der Waals surface area contributed by atoms with E-state index in [0.29, 0.717) is 11.3 Å². The van der Waals surface area contributed by atoms with E-state index in [9.17, 15) is 9.59 Å². The molecule has 0 amide bonds. The summed E-state index contributed by atoms with van der Waals surface area (Å²) >= 11 is 0. The summed E-state index contributed by atoms with van der Waals surface area (Å²) in [5.41, 5.74) is 3.36. The van der Waals surface area contributed by atoms with Crippen molar-refractivity contribution in [2.75, 3.05) is 7.11 Å². The molecule has 0 aliphatic heterocycles. The van der Waals surface area contributed by atoms with Crippen molar-refractivity contribution in [2.45, 2.75) is 13.0 Å². The Hall–Kier alpha value is -4.38. The van der Waals surface area contributed by atoms with Gasteiger partial charge in [-0.1, -0.05) is 49.0 Å². The van der Waals surface area contributed by atoms with E-state index in [-0.39, 0.29) is 0 Å². The molecule has 0 N–H and O–H groups in total. The third kappa shape index (κ3) is 5.15. The first-order chi connectivity index (χ1) is 16.5. The van der Waals surface area contributed by atoms with Crippen LogP contribution in [-0.2, 0) is 9.53 Å². The molecule has 0 saturated carbocycles. The van der Waals surface area contributed by atoms with Gasteiger partial charge in [0.2, 0.25) is 0 Å². The summed E-state index contributed by atoms with van der Waals surface area (Å²) in [5, 5.41) is 2.01. The molecule has 0 spiro atoms. The van der Waals surface area contributed by atoms with E-state index in [1.807, 2.05) is 48.5 Å². The topological polar surface area (TPSA) is 61.8 Å². The predicted octanol–water partition coefficient (Wildman–Crippen LogP) is 6.52. The molecular formula is C29H24O5. The first-order valence-corrected chi connectivity index (χ1v) is 10.8. The second-order valence-electron chi connectivity index (χ2n) is 7.75. The molecule has 1 unspecified atom stereocenters. The molecule has 34 heavy (non-hydrogen) atoms. The molecule has 1 atom stereocenters. The highest BCUT2D eigenvalue weighted by Gasteiger charge is 2.13. The van der Waals surface area contributed by atoms with Crippen molar-refractivity contribution in [3.05, 3.63) is 109 Å². The molecule has 4 aromatic carbocycles. The lowest BCUT2D eigenvalue weighted by molar-refractivity contribution is -0.142. The number of methoxy groups -OCH3 is 1. The Morgan fingerprint density at radius 1 is 0.794 bits per heavy atom. The van der Waals surface area contributed by atoms with Crippen LogP contribution in [0.3, 0.4) is 0 Å². The lowest BCUT2D eigenvalue weighted by Gasteiger charge is -2.12. The van der Waals surface area contributed by atoms with E-state index in [0.717, 1.165) is 39.3 Å². The fraction of sp³-hybridized carbons (Fsp3) is 0.103. The van der Waals surface area contributed by atoms with Crippen LogP contribution >= 0.6 is 0 Å². The zero-order valence-corrected chi connectivity index (χ0v) is 19.0. The molecule has 0 saturated heterocycles. The van der Waals surface area contributed by atoms with Crippen molar-refractivity contribution >= 4 is 22.7 Å². The zero-order valence-electron chi connectivity index (χ0n) is 19.0. The molecule has 5 heteroatoms. The van der Waals surface area contributed by atoms with Crippen molar-refractivity contribution in [3.63, 3.8) is 0 Å². The van der Waals surface area contributed by atoms with E-state index >= 15 is 0 Å². The normalized spacial score (nSPS) is 11.5. The van der Waals surface area contributed by atoms with E-state index in [1.54, 1.807) is 44.4 Å². The van der Waals surface area contributed by atoms with Crippen molar-refractivity contribution in [1.29, 1.82) is 0 Å². The first kappa shape index (κ1) is 22.8. The zero-order chi connectivity index (χ0) is 24.1. The monoisotopic (exact) mass is 452 g/mol. The Balaban J connectivity index is 1.46. The van der Waals surface area contributed by atoms with Gasteiger partial charge in [0.15, 0.2) is 0 Å². The van der Waals surface area contributed by atoms with Gasteiger partial charge in [0, 0.05) is 6.08 Å². The molecular weight excluding hydrogens is 428 g/mol. The Bertz CT molecular complexity index is 1340. The summed E-state index contributed by atoms with van der Waals surface area (Å²) in [6.07, 6.45) is 0.671. The molecule has 0 fully saturated rings. The van der Waals surface area contributed by atoms with Gasteiger partial charge in [0.05, 0.1) is 12.7 Å². The van der Waals surface area contributed by atoms with Crippen LogP contribution in [0.5, 0.6) is 11.5 Å². The number of rotatable bonds is 7. The minimum atomic E-state index is -0.497. The van der Waals surface area contributed by atoms with Crippen LogP contribution in [0.15, 0.2) is 97.6 Å². The van der Waals surface area contributed by atoms with Gasteiger partial charge >= 0.3 is 11.9 Å². The fourth-order valence-corrected chi connectivity index (χ4v) is 3.60. The number of carbonyl (C=O) groups excluding carboxylic acids is 2. The maximum absolute atomic E-state index is 12.6. The van der Waals surface area contributed by atoms with Crippen LogP contribution in [0.25, 0.3) is 21.9 Å². The lowest BCUT2D eigenvalue weighted by atomic mass is 10.0. The van der Waals surface area contributed by atoms with E-state index in [2.05, 4.69) is 12.6 Å². The van der Waals surface area contributed by atoms with Gasteiger partial charge in [-0.25, -0.2) is 9.59 Å². The molecule has 4 aromatic rings. The molecule has 0 heterocycles. The van der Waals surface area contributed by atoms with Gasteiger partial charge in [-0.3, -0.25) is 0 Å². The number of esters is 2. The second kappa shape index (κ2) is 10.0. The average Bonchev–Trinajstić information content (AvgIpc) is 2.88. The number of hydrogen-bond donors (Lipinski definition) is 0. The Morgan fingerprint density at radius 3 is 2.09 bits per heavy atom. The molecule has 0 aliphatic carbocycles. The van der Waals surface area contributed by atoms with Crippen molar-refractivity contribution in [2.24, 2.45) is 0 Å². The summed E-state index contributed by atoms with van der Waals surface area (Å²) in [4.78, 5) is 24.0. The first-order valence-electron chi connectivity index (χ1n) is 10.8. The quantitative estimate of drug-likeness (QED) is 0.181. The molecule has 0 aliphatic rings. The van der Waals surface area contributed by atoms with Gasteiger partial charge in [-0.15, -0.1) is 0 Å². The molecule has 0 aromatic heterocycles. The van der Waals surface area contributed by atoms with Gasteiger partial charge in [-0.2, -0.15) is 0 Å². The SMILES string of the molecule is C=CC(=O)OC(C)c1ccc(C(=O)Oc2ccc3cc(-c4ccc(OC)cc4)ccc3c2)cc1. The highest BCUT2D eigenvalue weighted by atomic mass is 16.5. The smallest absolute Gasteiger partial charge is 0.343 e.